The smallest absolute Gasteiger partial charge is 0.407 e. The second-order valence-corrected chi connectivity index (χ2v) is 9.83. The molecule has 0 radical (unpaired) electrons. The topological polar surface area (TPSA) is 87.7 Å². The molecule has 1 unspecified atom stereocenters. The summed E-state index contributed by atoms with van der Waals surface area (Å²) in [5, 5.41) is 6.21. The van der Waals surface area contributed by atoms with Crippen molar-refractivity contribution in [2.45, 2.75) is 57.7 Å². The monoisotopic (exact) mass is 485 g/mol. The number of alkyl carbamates (subject to hydrolysis) is 1. The summed E-state index contributed by atoms with van der Waals surface area (Å²) in [6.07, 6.45) is 0.980. The lowest BCUT2D eigenvalue weighted by molar-refractivity contribution is -0.132. The Balaban J connectivity index is 1.60. The van der Waals surface area contributed by atoms with Gasteiger partial charge in [-0.1, -0.05) is 54.1 Å². The maximum Gasteiger partial charge on any atom is 0.407 e. The summed E-state index contributed by atoms with van der Waals surface area (Å²) in [4.78, 5) is 39.8. The van der Waals surface area contributed by atoms with Gasteiger partial charge in [-0.05, 0) is 51.3 Å². The van der Waals surface area contributed by atoms with Crippen molar-refractivity contribution in [2.24, 2.45) is 0 Å². The molecular weight excluding hydrogens is 454 g/mol. The van der Waals surface area contributed by atoms with E-state index in [9.17, 15) is 14.4 Å². The predicted octanol–water partition coefficient (Wildman–Crippen LogP) is 4.72. The van der Waals surface area contributed by atoms with Crippen molar-refractivity contribution < 1.29 is 19.1 Å². The number of amides is 3. The van der Waals surface area contributed by atoms with Gasteiger partial charge < -0.3 is 20.3 Å². The van der Waals surface area contributed by atoms with E-state index in [2.05, 4.69) is 10.6 Å². The number of piperidine rings is 1. The summed E-state index contributed by atoms with van der Waals surface area (Å²) in [7, 11) is 0. The number of likely N-dealkylation sites (tertiary alicyclic amines) is 1. The van der Waals surface area contributed by atoms with Crippen LogP contribution in [0.1, 0.15) is 62.0 Å². The highest BCUT2D eigenvalue weighted by Crippen LogP contribution is 2.22. The first-order chi connectivity index (χ1) is 16.1. The lowest BCUT2D eigenvalue weighted by Crippen LogP contribution is -2.48. The molecule has 1 fully saturated rings. The van der Waals surface area contributed by atoms with Crippen LogP contribution in [-0.2, 0) is 9.53 Å². The first-order valence-corrected chi connectivity index (χ1v) is 11.9. The van der Waals surface area contributed by atoms with Gasteiger partial charge in [-0.3, -0.25) is 9.59 Å². The van der Waals surface area contributed by atoms with Crippen LogP contribution in [0.5, 0.6) is 0 Å². The van der Waals surface area contributed by atoms with Gasteiger partial charge in [-0.15, -0.1) is 0 Å². The maximum atomic E-state index is 13.1. The number of nitrogens with zero attached hydrogens (tertiary/aromatic N) is 1. The molecule has 1 aliphatic heterocycles. The van der Waals surface area contributed by atoms with Crippen LogP contribution in [0.3, 0.4) is 0 Å². The van der Waals surface area contributed by atoms with Gasteiger partial charge in [-0.2, -0.15) is 0 Å². The molecule has 0 aromatic heterocycles. The number of rotatable bonds is 6. The predicted molar refractivity (Wildman–Crippen MR) is 132 cm³/mol. The van der Waals surface area contributed by atoms with Crippen LogP contribution in [-0.4, -0.2) is 47.5 Å². The highest BCUT2D eigenvalue weighted by molar-refractivity contribution is 6.33. The lowest BCUT2D eigenvalue weighted by Gasteiger charge is -2.33. The fourth-order valence-electron chi connectivity index (χ4n) is 3.87. The maximum absolute atomic E-state index is 13.1. The Morgan fingerprint density at radius 3 is 2.26 bits per heavy atom. The number of carbonyl (C=O) groups excluding carboxylic acids is 3. The van der Waals surface area contributed by atoms with Crippen LogP contribution in [0.4, 0.5) is 4.79 Å². The van der Waals surface area contributed by atoms with E-state index in [0.29, 0.717) is 36.5 Å². The number of halogens is 1. The molecule has 2 aromatic carbocycles. The summed E-state index contributed by atoms with van der Waals surface area (Å²) < 4.78 is 5.32. The van der Waals surface area contributed by atoms with E-state index in [-0.39, 0.29) is 24.3 Å². The molecule has 182 valence electrons. The molecule has 3 rings (SSSR count). The van der Waals surface area contributed by atoms with E-state index < -0.39 is 17.7 Å². The molecular formula is C26H32ClN3O4. The number of hydrogen-bond acceptors (Lipinski definition) is 4. The van der Waals surface area contributed by atoms with Crippen LogP contribution in [0, 0.1) is 0 Å². The van der Waals surface area contributed by atoms with E-state index >= 15 is 0 Å². The molecule has 2 aromatic rings. The van der Waals surface area contributed by atoms with Gasteiger partial charge in [0.2, 0.25) is 5.91 Å². The fourth-order valence-corrected chi connectivity index (χ4v) is 4.09. The van der Waals surface area contributed by atoms with Gasteiger partial charge in [0, 0.05) is 19.1 Å². The molecule has 0 spiro atoms. The van der Waals surface area contributed by atoms with Gasteiger partial charge in [0.25, 0.3) is 5.91 Å². The molecule has 0 bridgehead atoms. The molecule has 0 aliphatic carbocycles. The van der Waals surface area contributed by atoms with Gasteiger partial charge in [0.1, 0.15) is 5.60 Å². The molecule has 3 amide bonds. The average molecular weight is 486 g/mol. The zero-order valence-electron chi connectivity index (χ0n) is 19.8. The number of ether oxygens (including phenoxy) is 1. The largest absolute Gasteiger partial charge is 0.444 e. The number of carbonyl (C=O) groups is 3. The number of nitrogens with one attached hydrogen (secondary N) is 2. The van der Waals surface area contributed by atoms with Gasteiger partial charge in [-0.25, -0.2) is 4.79 Å². The molecule has 34 heavy (non-hydrogen) atoms. The molecule has 1 heterocycles. The minimum absolute atomic E-state index is 0.0382. The first-order valence-electron chi connectivity index (χ1n) is 11.5. The molecule has 7 nitrogen and oxygen atoms in total. The molecule has 8 heteroatoms. The van der Waals surface area contributed by atoms with Crippen molar-refractivity contribution in [3.8, 4) is 0 Å². The molecule has 0 saturated carbocycles. The summed E-state index contributed by atoms with van der Waals surface area (Å²) in [6, 6.07) is 15.7. The Labute approximate surface area is 205 Å². The zero-order chi connectivity index (χ0) is 24.7. The zero-order valence-corrected chi connectivity index (χ0v) is 20.6. The fraction of sp³-hybridized carbons (Fsp3) is 0.423. The summed E-state index contributed by atoms with van der Waals surface area (Å²) in [5.41, 5.74) is 0.658. The minimum Gasteiger partial charge on any atom is -0.444 e. The normalized spacial score (nSPS) is 15.4. The second-order valence-electron chi connectivity index (χ2n) is 9.42. The Bertz CT molecular complexity index is 999. The summed E-state index contributed by atoms with van der Waals surface area (Å²) in [5.74, 6) is -0.378. The molecule has 1 aliphatic rings. The van der Waals surface area contributed by atoms with E-state index in [0.717, 1.165) is 5.56 Å². The number of benzene rings is 2. The average Bonchev–Trinajstić information content (AvgIpc) is 2.78. The van der Waals surface area contributed by atoms with E-state index in [1.807, 2.05) is 51.1 Å². The second kappa shape index (κ2) is 11.4. The van der Waals surface area contributed by atoms with Crippen LogP contribution in [0.15, 0.2) is 54.6 Å². The molecule has 2 N–H and O–H groups in total. The Hall–Kier alpha value is -3.06. The third-order valence-electron chi connectivity index (χ3n) is 5.57. The van der Waals surface area contributed by atoms with Crippen molar-refractivity contribution in [1.82, 2.24) is 15.5 Å². The third-order valence-corrected chi connectivity index (χ3v) is 5.90. The van der Waals surface area contributed by atoms with Crippen molar-refractivity contribution in [3.05, 3.63) is 70.7 Å². The molecule has 1 saturated heterocycles. The Kier molecular flexibility index (Phi) is 8.56. The van der Waals surface area contributed by atoms with Crippen molar-refractivity contribution >= 4 is 29.5 Å². The molecule has 1 atom stereocenters. The highest BCUT2D eigenvalue weighted by atomic mass is 35.5. The summed E-state index contributed by atoms with van der Waals surface area (Å²) in [6.45, 7) is 6.52. The lowest BCUT2D eigenvalue weighted by atomic mass is 10.0. The standard InChI is InChI=1S/C26H32ClN3O4/c1-26(2,3)34-25(33)28-19-13-15-30(16-14-19)23(31)17-22(18-9-5-4-6-10-18)29-24(32)20-11-7-8-12-21(20)27/h4-12,19,22H,13-17H2,1-3H3,(H,28,33)(H,29,32). The van der Waals surface area contributed by atoms with Crippen LogP contribution < -0.4 is 10.6 Å². The third kappa shape index (κ3) is 7.48. The van der Waals surface area contributed by atoms with Crippen LogP contribution in [0.25, 0.3) is 0 Å². The summed E-state index contributed by atoms with van der Waals surface area (Å²) >= 11 is 6.19. The van der Waals surface area contributed by atoms with Crippen molar-refractivity contribution in [3.63, 3.8) is 0 Å². The quantitative estimate of drug-likeness (QED) is 0.619. The van der Waals surface area contributed by atoms with Crippen LogP contribution >= 0.6 is 11.6 Å². The van der Waals surface area contributed by atoms with Gasteiger partial charge in [0.15, 0.2) is 0 Å². The van der Waals surface area contributed by atoms with Crippen molar-refractivity contribution in [2.75, 3.05) is 13.1 Å². The van der Waals surface area contributed by atoms with Gasteiger partial charge >= 0.3 is 6.09 Å². The minimum atomic E-state index is -0.554. The van der Waals surface area contributed by atoms with Crippen LogP contribution in [0.2, 0.25) is 5.02 Å². The SMILES string of the molecule is CC(C)(C)OC(=O)NC1CCN(C(=O)CC(NC(=O)c2ccccc2Cl)c2ccccc2)CC1. The number of hydrogen-bond donors (Lipinski definition) is 2. The van der Waals surface area contributed by atoms with Gasteiger partial charge in [0.05, 0.1) is 23.0 Å². The van der Waals surface area contributed by atoms with E-state index in [1.165, 1.54) is 0 Å². The van der Waals surface area contributed by atoms with Crippen molar-refractivity contribution in [1.29, 1.82) is 0 Å². The highest BCUT2D eigenvalue weighted by Gasteiger charge is 2.28. The Morgan fingerprint density at radius 1 is 1.03 bits per heavy atom. The van der Waals surface area contributed by atoms with E-state index in [4.69, 9.17) is 16.3 Å². The first kappa shape index (κ1) is 25.6. The van der Waals surface area contributed by atoms with E-state index in [1.54, 1.807) is 29.2 Å². The Morgan fingerprint density at radius 2 is 1.65 bits per heavy atom.